The quantitative estimate of drug-likeness (QED) is 0.739. The number of rotatable bonds is 4. The maximum atomic E-state index is 11.5. The number of thioether (sulfide) groups is 1. The second-order valence-electron chi connectivity index (χ2n) is 7.55. The zero-order valence-electron chi connectivity index (χ0n) is 16.1. The number of fused-ring (bicyclic) bond motifs is 1. The van der Waals surface area contributed by atoms with Crippen LogP contribution in [0.25, 0.3) is 17.2 Å². The molecule has 1 saturated heterocycles. The SMILES string of the molecule is CC(=O)SCC(=Cc1ccc2oc(C)nc2c1)B1OC(C)(C)C(C)(C)O1. The maximum Gasteiger partial charge on any atom is 0.491 e. The first-order chi connectivity index (χ1) is 12.1. The molecule has 5 nitrogen and oxygen atoms in total. The van der Waals surface area contributed by atoms with E-state index in [4.69, 9.17) is 13.7 Å². The fourth-order valence-electron chi connectivity index (χ4n) is 2.72. The summed E-state index contributed by atoms with van der Waals surface area (Å²) in [5.41, 5.74) is 2.61. The summed E-state index contributed by atoms with van der Waals surface area (Å²) in [4.78, 5) is 15.9. The highest BCUT2D eigenvalue weighted by molar-refractivity contribution is 8.13. The van der Waals surface area contributed by atoms with E-state index in [-0.39, 0.29) is 5.12 Å². The van der Waals surface area contributed by atoms with Gasteiger partial charge in [0.1, 0.15) is 5.52 Å². The average Bonchev–Trinajstić information content (AvgIpc) is 2.98. The van der Waals surface area contributed by atoms with Crippen LogP contribution in [-0.4, -0.2) is 34.2 Å². The minimum atomic E-state index is -0.485. The Bertz CT molecular complexity index is 856. The zero-order chi connectivity index (χ0) is 19.1. The molecule has 0 spiro atoms. The largest absolute Gasteiger partial charge is 0.491 e. The fourth-order valence-corrected chi connectivity index (χ4v) is 3.31. The molecule has 0 amide bonds. The molecule has 0 aliphatic carbocycles. The van der Waals surface area contributed by atoms with Crippen molar-refractivity contribution in [2.75, 3.05) is 5.75 Å². The summed E-state index contributed by atoms with van der Waals surface area (Å²) >= 11 is 1.25. The third kappa shape index (κ3) is 3.90. The lowest BCUT2D eigenvalue weighted by Gasteiger charge is -2.32. The van der Waals surface area contributed by atoms with Gasteiger partial charge in [-0.3, -0.25) is 4.79 Å². The van der Waals surface area contributed by atoms with E-state index in [2.05, 4.69) is 4.98 Å². The number of carbonyl (C=O) groups excluding carboxylic acids is 1. The lowest BCUT2D eigenvalue weighted by molar-refractivity contribution is -0.109. The summed E-state index contributed by atoms with van der Waals surface area (Å²) in [5, 5.41) is 0.0648. The highest BCUT2D eigenvalue weighted by Gasteiger charge is 2.52. The Morgan fingerprint density at radius 2 is 1.88 bits per heavy atom. The molecule has 1 fully saturated rings. The van der Waals surface area contributed by atoms with Gasteiger partial charge in [-0.2, -0.15) is 0 Å². The van der Waals surface area contributed by atoms with E-state index in [1.807, 2.05) is 58.9 Å². The molecule has 3 rings (SSSR count). The number of nitrogens with zero attached hydrogens (tertiary/aromatic N) is 1. The molecular weight excluding hydrogens is 349 g/mol. The lowest BCUT2D eigenvalue weighted by atomic mass is 9.78. The van der Waals surface area contributed by atoms with Gasteiger partial charge < -0.3 is 13.7 Å². The third-order valence-corrected chi connectivity index (χ3v) is 5.75. The minimum absolute atomic E-state index is 0.0648. The molecule has 0 unspecified atom stereocenters. The monoisotopic (exact) mass is 373 g/mol. The molecule has 2 aromatic rings. The van der Waals surface area contributed by atoms with Crippen LogP contribution in [0.15, 0.2) is 28.1 Å². The standard InChI is InChI=1S/C19H24BNO4S/c1-12-21-16-10-14(7-8-17(16)23-12)9-15(11-26-13(2)22)20-24-18(3,4)19(5,6)25-20/h7-10H,11H2,1-6H3. The molecule has 0 radical (unpaired) electrons. The molecule has 26 heavy (non-hydrogen) atoms. The Hall–Kier alpha value is -1.57. The summed E-state index contributed by atoms with van der Waals surface area (Å²) in [5.74, 6) is 1.15. The molecule has 2 heterocycles. The molecule has 0 saturated carbocycles. The second kappa shape index (κ2) is 6.87. The van der Waals surface area contributed by atoms with Crippen LogP contribution in [0.2, 0.25) is 0 Å². The van der Waals surface area contributed by atoms with E-state index in [0.29, 0.717) is 11.6 Å². The molecule has 1 aliphatic heterocycles. The Morgan fingerprint density at radius 3 is 2.50 bits per heavy atom. The van der Waals surface area contributed by atoms with Crippen molar-refractivity contribution in [3.05, 3.63) is 35.1 Å². The van der Waals surface area contributed by atoms with Crippen LogP contribution < -0.4 is 0 Å². The predicted octanol–water partition coefficient (Wildman–Crippen LogP) is 4.43. The molecule has 7 heteroatoms. The van der Waals surface area contributed by atoms with Crippen molar-refractivity contribution in [2.24, 2.45) is 0 Å². The van der Waals surface area contributed by atoms with Crippen molar-refractivity contribution < 1.29 is 18.5 Å². The Morgan fingerprint density at radius 1 is 1.23 bits per heavy atom. The molecule has 1 aromatic carbocycles. The van der Waals surface area contributed by atoms with Gasteiger partial charge in [0.2, 0.25) is 0 Å². The van der Waals surface area contributed by atoms with Crippen LogP contribution >= 0.6 is 11.8 Å². The van der Waals surface area contributed by atoms with Gasteiger partial charge in [-0.15, -0.1) is 0 Å². The minimum Gasteiger partial charge on any atom is -0.441 e. The molecule has 0 N–H and O–H groups in total. The number of oxazole rings is 1. The Balaban J connectivity index is 1.94. The molecule has 1 aliphatic rings. The van der Waals surface area contributed by atoms with Crippen molar-refractivity contribution >= 4 is 41.2 Å². The van der Waals surface area contributed by atoms with Gasteiger partial charge in [0.25, 0.3) is 0 Å². The van der Waals surface area contributed by atoms with Gasteiger partial charge in [-0.25, -0.2) is 4.98 Å². The number of aryl methyl sites for hydroxylation is 1. The van der Waals surface area contributed by atoms with Crippen molar-refractivity contribution in [3.63, 3.8) is 0 Å². The topological polar surface area (TPSA) is 61.6 Å². The molecule has 0 atom stereocenters. The summed E-state index contributed by atoms with van der Waals surface area (Å²) in [7, 11) is -0.485. The molecular formula is C19H24BNO4S. The zero-order valence-corrected chi connectivity index (χ0v) is 16.9. The summed E-state index contributed by atoms with van der Waals surface area (Å²) in [6, 6.07) is 5.84. The van der Waals surface area contributed by atoms with E-state index < -0.39 is 18.3 Å². The van der Waals surface area contributed by atoms with Gasteiger partial charge in [-0.05, 0) is 50.9 Å². The third-order valence-electron chi connectivity index (χ3n) is 4.87. The van der Waals surface area contributed by atoms with Crippen LogP contribution in [0.5, 0.6) is 0 Å². The number of aromatic nitrogens is 1. The van der Waals surface area contributed by atoms with Gasteiger partial charge in [-0.1, -0.05) is 23.9 Å². The van der Waals surface area contributed by atoms with Gasteiger partial charge in [0.05, 0.1) is 11.2 Å². The van der Waals surface area contributed by atoms with Crippen molar-refractivity contribution in [1.29, 1.82) is 0 Å². The average molecular weight is 373 g/mol. The highest BCUT2D eigenvalue weighted by Crippen LogP contribution is 2.39. The van der Waals surface area contributed by atoms with Crippen LogP contribution in [0.4, 0.5) is 0 Å². The van der Waals surface area contributed by atoms with Crippen molar-refractivity contribution in [1.82, 2.24) is 4.98 Å². The van der Waals surface area contributed by atoms with Crippen molar-refractivity contribution in [2.45, 2.75) is 52.7 Å². The number of benzene rings is 1. The van der Waals surface area contributed by atoms with E-state index in [1.54, 1.807) is 6.92 Å². The first kappa shape index (κ1) is 19.2. The smallest absolute Gasteiger partial charge is 0.441 e. The van der Waals surface area contributed by atoms with Gasteiger partial charge in [0.15, 0.2) is 16.6 Å². The highest BCUT2D eigenvalue weighted by atomic mass is 32.2. The molecule has 138 valence electrons. The van der Waals surface area contributed by atoms with Crippen LogP contribution in [-0.2, 0) is 14.1 Å². The lowest BCUT2D eigenvalue weighted by Crippen LogP contribution is -2.41. The Labute approximate surface area is 158 Å². The fraction of sp³-hybridized carbons (Fsp3) is 0.474. The summed E-state index contributed by atoms with van der Waals surface area (Å²) in [6.07, 6.45) is 2.02. The summed E-state index contributed by atoms with van der Waals surface area (Å²) in [6.45, 7) is 11.5. The number of hydrogen-bond acceptors (Lipinski definition) is 6. The van der Waals surface area contributed by atoms with E-state index >= 15 is 0 Å². The van der Waals surface area contributed by atoms with E-state index in [0.717, 1.165) is 22.1 Å². The first-order valence-corrected chi connectivity index (χ1v) is 9.63. The molecule has 0 bridgehead atoms. The summed E-state index contributed by atoms with van der Waals surface area (Å²) < 4.78 is 17.9. The second-order valence-corrected chi connectivity index (χ2v) is 8.70. The van der Waals surface area contributed by atoms with E-state index in [1.165, 1.54) is 11.8 Å². The number of carbonyl (C=O) groups is 1. The van der Waals surface area contributed by atoms with Crippen LogP contribution in [0, 0.1) is 6.92 Å². The Kier molecular flexibility index (Phi) is 5.07. The predicted molar refractivity (Wildman–Crippen MR) is 106 cm³/mol. The van der Waals surface area contributed by atoms with Gasteiger partial charge >= 0.3 is 7.12 Å². The van der Waals surface area contributed by atoms with Gasteiger partial charge in [0, 0.05) is 19.6 Å². The van der Waals surface area contributed by atoms with Crippen molar-refractivity contribution in [3.8, 4) is 0 Å². The maximum absolute atomic E-state index is 11.5. The molecule has 1 aromatic heterocycles. The normalized spacial score (nSPS) is 19.3. The van der Waals surface area contributed by atoms with Crippen LogP contribution in [0.1, 0.15) is 46.1 Å². The number of hydrogen-bond donors (Lipinski definition) is 0. The van der Waals surface area contributed by atoms with Crippen LogP contribution in [0.3, 0.4) is 0 Å². The first-order valence-electron chi connectivity index (χ1n) is 8.64. The van der Waals surface area contributed by atoms with E-state index in [9.17, 15) is 4.79 Å².